The molecule has 1 aliphatic heterocycles. The Morgan fingerprint density at radius 2 is 2.00 bits per heavy atom. The lowest BCUT2D eigenvalue weighted by molar-refractivity contribution is -0.0278. The van der Waals surface area contributed by atoms with Crippen molar-refractivity contribution in [2.75, 3.05) is 19.8 Å². The van der Waals surface area contributed by atoms with E-state index in [1.54, 1.807) is 0 Å². The summed E-state index contributed by atoms with van der Waals surface area (Å²) in [4.78, 5) is 0. The van der Waals surface area contributed by atoms with Gasteiger partial charge in [-0.25, -0.2) is 0 Å². The van der Waals surface area contributed by atoms with Crippen LogP contribution >= 0.6 is 0 Å². The maximum absolute atomic E-state index is 5.36. The highest BCUT2D eigenvalue weighted by molar-refractivity contribution is 4.51. The second-order valence-corrected chi connectivity index (χ2v) is 2.46. The molecule has 1 aliphatic rings. The summed E-state index contributed by atoms with van der Waals surface area (Å²) in [5.41, 5.74) is 0. The molecule has 0 aromatic rings. The van der Waals surface area contributed by atoms with E-state index >= 15 is 0 Å². The highest BCUT2D eigenvalue weighted by Crippen LogP contribution is 2.01. The fourth-order valence-electron chi connectivity index (χ4n) is 0.888. The molecule has 0 aromatic heterocycles. The highest BCUT2D eigenvalue weighted by Gasteiger charge is 2.04. The van der Waals surface area contributed by atoms with Crippen LogP contribution in [0.1, 0.15) is 19.8 Å². The van der Waals surface area contributed by atoms with Crippen molar-refractivity contribution in [3.05, 3.63) is 0 Å². The standard InChI is InChI=1S/C7H14O2/c1-7-6-8-4-2-3-5-9-7/h7H,2-6H2,1H3. The Morgan fingerprint density at radius 1 is 1.22 bits per heavy atom. The lowest BCUT2D eigenvalue weighted by atomic mass is 10.3. The van der Waals surface area contributed by atoms with Crippen LogP contribution in [-0.2, 0) is 9.47 Å². The summed E-state index contributed by atoms with van der Waals surface area (Å²) in [6.07, 6.45) is 2.59. The molecule has 1 rings (SSSR count). The molecule has 1 unspecified atom stereocenters. The van der Waals surface area contributed by atoms with Crippen molar-refractivity contribution in [3.63, 3.8) is 0 Å². The number of hydrogen-bond donors (Lipinski definition) is 0. The molecule has 54 valence electrons. The van der Waals surface area contributed by atoms with Gasteiger partial charge < -0.3 is 9.47 Å². The predicted octanol–water partition coefficient (Wildman–Crippen LogP) is 1.20. The van der Waals surface area contributed by atoms with Gasteiger partial charge in [0.05, 0.1) is 12.7 Å². The van der Waals surface area contributed by atoms with E-state index < -0.39 is 0 Å². The molecule has 0 spiro atoms. The Labute approximate surface area is 56.2 Å². The van der Waals surface area contributed by atoms with Crippen LogP contribution in [0.2, 0.25) is 0 Å². The molecule has 0 radical (unpaired) electrons. The van der Waals surface area contributed by atoms with Gasteiger partial charge in [0.2, 0.25) is 0 Å². The van der Waals surface area contributed by atoms with E-state index in [-0.39, 0.29) is 0 Å². The van der Waals surface area contributed by atoms with Crippen LogP contribution < -0.4 is 0 Å². The van der Waals surface area contributed by atoms with Crippen LogP contribution in [0.4, 0.5) is 0 Å². The normalized spacial score (nSPS) is 31.0. The van der Waals surface area contributed by atoms with Crippen LogP contribution in [0.25, 0.3) is 0 Å². The molecule has 0 bridgehead atoms. The SMILES string of the molecule is CC1COCCCCO1. The minimum absolute atomic E-state index is 0.297. The van der Waals surface area contributed by atoms with E-state index in [9.17, 15) is 0 Å². The number of ether oxygens (including phenoxy) is 2. The molecular formula is C7H14O2. The average Bonchev–Trinajstić information content (AvgIpc) is 1.79. The molecule has 1 heterocycles. The third-order valence-corrected chi connectivity index (χ3v) is 1.44. The highest BCUT2D eigenvalue weighted by atomic mass is 16.5. The van der Waals surface area contributed by atoms with Gasteiger partial charge in [-0.2, -0.15) is 0 Å². The first kappa shape index (κ1) is 7.03. The summed E-state index contributed by atoms with van der Waals surface area (Å²) < 4.78 is 10.6. The van der Waals surface area contributed by atoms with Crippen molar-refractivity contribution in [2.24, 2.45) is 0 Å². The third kappa shape index (κ3) is 2.82. The molecule has 0 saturated carbocycles. The Bertz CT molecular complexity index is 65.3. The van der Waals surface area contributed by atoms with Gasteiger partial charge in [0.1, 0.15) is 0 Å². The molecule has 1 saturated heterocycles. The Balaban J connectivity index is 2.12. The molecule has 0 aromatic carbocycles. The van der Waals surface area contributed by atoms with Crippen molar-refractivity contribution in [1.29, 1.82) is 0 Å². The number of hydrogen-bond acceptors (Lipinski definition) is 2. The van der Waals surface area contributed by atoms with E-state index in [2.05, 4.69) is 0 Å². The van der Waals surface area contributed by atoms with Gasteiger partial charge in [-0.1, -0.05) is 0 Å². The van der Waals surface area contributed by atoms with Gasteiger partial charge in [0.15, 0.2) is 0 Å². The summed E-state index contributed by atoms with van der Waals surface area (Å²) in [6.45, 7) is 4.63. The minimum Gasteiger partial charge on any atom is -0.379 e. The molecular weight excluding hydrogens is 116 g/mol. The second-order valence-electron chi connectivity index (χ2n) is 2.46. The van der Waals surface area contributed by atoms with E-state index in [1.807, 2.05) is 6.92 Å². The maximum Gasteiger partial charge on any atom is 0.0780 e. The summed E-state index contributed by atoms with van der Waals surface area (Å²) >= 11 is 0. The Kier molecular flexibility index (Phi) is 3.01. The van der Waals surface area contributed by atoms with Gasteiger partial charge in [0, 0.05) is 13.2 Å². The molecule has 1 atom stereocenters. The van der Waals surface area contributed by atoms with E-state index in [0.717, 1.165) is 32.7 Å². The van der Waals surface area contributed by atoms with Crippen LogP contribution in [0.3, 0.4) is 0 Å². The van der Waals surface area contributed by atoms with Crippen molar-refractivity contribution in [2.45, 2.75) is 25.9 Å². The zero-order chi connectivity index (χ0) is 6.53. The fraction of sp³-hybridized carbons (Fsp3) is 1.00. The van der Waals surface area contributed by atoms with Crippen molar-refractivity contribution >= 4 is 0 Å². The van der Waals surface area contributed by atoms with Crippen molar-refractivity contribution in [1.82, 2.24) is 0 Å². The third-order valence-electron chi connectivity index (χ3n) is 1.44. The maximum atomic E-state index is 5.36. The van der Waals surface area contributed by atoms with Gasteiger partial charge >= 0.3 is 0 Å². The van der Waals surface area contributed by atoms with E-state index in [1.165, 1.54) is 0 Å². The number of rotatable bonds is 0. The Morgan fingerprint density at radius 3 is 2.89 bits per heavy atom. The van der Waals surface area contributed by atoms with Crippen LogP contribution in [0.15, 0.2) is 0 Å². The molecule has 2 heteroatoms. The van der Waals surface area contributed by atoms with Crippen LogP contribution in [-0.4, -0.2) is 25.9 Å². The molecule has 9 heavy (non-hydrogen) atoms. The van der Waals surface area contributed by atoms with E-state index in [4.69, 9.17) is 9.47 Å². The molecule has 1 fully saturated rings. The quantitative estimate of drug-likeness (QED) is 0.490. The largest absolute Gasteiger partial charge is 0.379 e. The van der Waals surface area contributed by atoms with Crippen LogP contribution in [0, 0.1) is 0 Å². The summed E-state index contributed by atoms with van der Waals surface area (Å²) in [7, 11) is 0. The smallest absolute Gasteiger partial charge is 0.0780 e. The molecule has 0 amide bonds. The molecule has 0 N–H and O–H groups in total. The predicted molar refractivity (Wildman–Crippen MR) is 35.5 cm³/mol. The fourth-order valence-corrected chi connectivity index (χ4v) is 0.888. The zero-order valence-corrected chi connectivity index (χ0v) is 5.93. The average molecular weight is 130 g/mol. The first-order valence-corrected chi connectivity index (χ1v) is 3.59. The first-order chi connectivity index (χ1) is 4.39. The topological polar surface area (TPSA) is 18.5 Å². The van der Waals surface area contributed by atoms with Gasteiger partial charge in [-0.05, 0) is 19.8 Å². The molecule has 0 aliphatic carbocycles. The van der Waals surface area contributed by atoms with Crippen LogP contribution in [0.5, 0.6) is 0 Å². The van der Waals surface area contributed by atoms with Gasteiger partial charge in [-0.3, -0.25) is 0 Å². The second kappa shape index (κ2) is 3.85. The van der Waals surface area contributed by atoms with Crippen molar-refractivity contribution in [3.8, 4) is 0 Å². The minimum atomic E-state index is 0.297. The van der Waals surface area contributed by atoms with E-state index in [0.29, 0.717) is 6.10 Å². The monoisotopic (exact) mass is 130 g/mol. The summed E-state index contributed by atoms with van der Waals surface area (Å²) in [6, 6.07) is 0. The summed E-state index contributed by atoms with van der Waals surface area (Å²) in [5, 5.41) is 0. The zero-order valence-electron chi connectivity index (χ0n) is 5.93. The first-order valence-electron chi connectivity index (χ1n) is 3.59. The van der Waals surface area contributed by atoms with Crippen molar-refractivity contribution < 1.29 is 9.47 Å². The molecule has 2 nitrogen and oxygen atoms in total. The van der Waals surface area contributed by atoms with Gasteiger partial charge in [-0.15, -0.1) is 0 Å². The lowest BCUT2D eigenvalue weighted by Gasteiger charge is -2.16. The Hall–Kier alpha value is -0.0800. The summed E-state index contributed by atoms with van der Waals surface area (Å²) in [5.74, 6) is 0. The lowest BCUT2D eigenvalue weighted by Crippen LogP contribution is -2.19. The van der Waals surface area contributed by atoms with Gasteiger partial charge in [0.25, 0.3) is 0 Å².